The van der Waals surface area contributed by atoms with E-state index in [9.17, 15) is 4.79 Å². The van der Waals surface area contributed by atoms with E-state index in [1.165, 1.54) is 0 Å². The first-order valence-electron chi connectivity index (χ1n) is 7.86. The predicted molar refractivity (Wildman–Crippen MR) is 91.8 cm³/mol. The number of nitrogens with one attached hydrogen (secondary N) is 1. The Morgan fingerprint density at radius 1 is 1.13 bits per heavy atom. The number of hydrogen-bond donors (Lipinski definition) is 1. The molecular formula is C19H20ClNO2. The topological polar surface area (TPSA) is 38.3 Å². The molecule has 2 aromatic rings. The zero-order valence-electron chi connectivity index (χ0n) is 13.1. The molecule has 1 fully saturated rings. The van der Waals surface area contributed by atoms with Crippen LogP contribution in [-0.2, 0) is 10.3 Å². The molecule has 0 atom stereocenters. The number of aryl methyl sites for hydroxylation is 1. The van der Waals surface area contributed by atoms with Gasteiger partial charge in [0.15, 0.2) is 0 Å². The lowest BCUT2D eigenvalue weighted by Gasteiger charge is -2.37. The molecule has 3 rings (SSSR count). The molecule has 1 heterocycles. The van der Waals surface area contributed by atoms with Crippen molar-refractivity contribution in [1.29, 1.82) is 0 Å². The monoisotopic (exact) mass is 329 g/mol. The van der Waals surface area contributed by atoms with Crippen LogP contribution in [0.5, 0.6) is 0 Å². The number of hydrogen-bond acceptors (Lipinski definition) is 3. The Labute approximate surface area is 141 Å². The molecule has 0 bridgehead atoms. The zero-order valence-corrected chi connectivity index (χ0v) is 13.9. The molecule has 0 spiro atoms. The molecule has 2 aromatic carbocycles. The second-order valence-corrected chi connectivity index (χ2v) is 6.37. The standard InChI is InChI=1S/C19H20ClNO2/c1-14-7-8-15(13-17(14)20)18(22)23-19(9-11-21-12-10-19)16-5-3-2-4-6-16/h2-8,13,21H,9-12H2,1H3. The van der Waals surface area contributed by atoms with Crippen LogP contribution in [0.4, 0.5) is 0 Å². The van der Waals surface area contributed by atoms with Gasteiger partial charge < -0.3 is 10.1 Å². The molecular weight excluding hydrogens is 310 g/mol. The molecule has 1 aliphatic heterocycles. The predicted octanol–water partition coefficient (Wildman–Crippen LogP) is 4.08. The van der Waals surface area contributed by atoms with Crippen LogP contribution in [0.2, 0.25) is 5.02 Å². The van der Waals surface area contributed by atoms with Crippen LogP contribution in [0.3, 0.4) is 0 Å². The number of carbonyl (C=O) groups excluding carboxylic acids is 1. The van der Waals surface area contributed by atoms with E-state index >= 15 is 0 Å². The van der Waals surface area contributed by atoms with Crippen LogP contribution in [0.1, 0.15) is 34.3 Å². The summed E-state index contributed by atoms with van der Waals surface area (Å²) in [6.07, 6.45) is 1.53. The third-order valence-electron chi connectivity index (χ3n) is 4.41. The van der Waals surface area contributed by atoms with E-state index in [1.54, 1.807) is 12.1 Å². The van der Waals surface area contributed by atoms with Crippen molar-refractivity contribution in [3.05, 3.63) is 70.2 Å². The average molecular weight is 330 g/mol. The Balaban J connectivity index is 1.89. The molecule has 0 amide bonds. The lowest BCUT2D eigenvalue weighted by molar-refractivity contribution is -0.0378. The highest BCUT2D eigenvalue weighted by atomic mass is 35.5. The fourth-order valence-corrected chi connectivity index (χ4v) is 3.16. The number of carbonyl (C=O) groups is 1. The first-order chi connectivity index (χ1) is 11.1. The normalized spacial score (nSPS) is 16.8. The molecule has 0 saturated carbocycles. The minimum atomic E-state index is -0.568. The summed E-state index contributed by atoms with van der Waals surface area (Å²) in [7, 11) is 0. The first kappa shape index (κ1) is 16.0. The third kappa shape index (κ3) is 3.41. The van der Waals surface area contributed by atoms with Crippen LogP contribution >= 0.6 is 11.6 Å². The number of rotatable bonds is 3. The van der Waals surface area contributed by atoms with E-state index in [1.807, 2.05) is 43.3 Å². The summed E-state index contributed by atoms with van der Waals surface area (Å²) in [4.78, 5) is 12.7. The Kier molecular flexibility index (Phi) is 4.69. The maximum atomic E-state index is 12.7. The third-order valence-corrected chi connectivity index (χ3v) is 4.81. The van der Waals surface area contributed by atoms with Gasteiger partial charge in [-0.1, -0.05) is 48.0 Å². The minimum absolute atomic E-state index is 0.322. The van der Waals surface area contributed by atoms with Crippen molar-refractivity contribution in [3.63, 3.8) is 0 Å². The first-order valence-corrected chi connectivity index (χ1v) is 8.24. The van der Waals surface area contributed by atoms with Gasteiger partial charge in [-0.2, -0.15) is 0 Å². The molecule has 1 saturated heterocycles. The molecule has 4 heteroatoms. The van der Waals surface area contributed by atoms with Gasteiger partial charge in [0.2, 0.25) is 0 Å². The maximum Gasteiger partial charge on any atom is 0.339 e. The zero-order chi connectivity index (χ0) is 16.3. The quantitative estimate of drug-likeness (QED) is 0.862. The summed E-state index contributed by atoms with van der Waals surface area (Å²) in [6, 6.07) is 15.3. The number of ether oxygens (including phenoxy) is 1. The summed E-state index contributed by atoms with van der Waals surface area (Å²) in [6.45, 7) is 3.57. The van der Waals surface area contributed by atoms with Crippen molar-refractivity contribution in [3.8, 4) is 0 Å². The smallest absolute Gasteiger partial charge is 0.339 e. The number of halogens is 1. The fraction of sp³-hybridized carbons (Fsp3) is 0.316. The molecule has 23 heavy (non-hydrogen) atoms. The Morgan fingerprint density at radius 3 is 2.48 bits per heavy atom. The Morgan fingerprint density at radius 2 is 1.83 bits per heavy atom. The van der Waals surface area contributed by atoms with E-state index in [2.05, 4.69) is 5.32 Å². The summed E-state index contributed by atoms with van der Waals surface area (Å²) < 4.78 is 6.01. The van der Waals surface area contributed by atoms with Gasteiger partial charge in [-0.15, -0.1) is 0 Å². The molecule has 3 nitrogen and oxygen atoms in total. The fourth-order valence-electron chi connectivity index (χ4n) is 2.98. The Hall–Kier alpha value is -1.84. The van der Waals surface area contributed by atoms with E-state index in [-0.39, 0.29) is 5.97 Å². The van der Waals surface area contributed by atoms with Gasteiger partial charge in [0, 0.05) is 17.9 Å². The largest absolute Gasteiger partial charge is 0.450 e. The highest BCUT2D eigenvalue weighted by Gasteiger charge is 2.38. The maximum absolute atomic E-state index is 12.7. The van der Waals surface area contributed by atoms with Gasteiger partial charge in [0.1, 0.15) is 5.60 Å². The van der Waals surface area contributed by atoms with E-state index in [4.69, 9.17) is 16.3 Å². The van der Waals surface area contributed by atoms with Crippen LogP contribution in [0, 0.1) is 6.92 Å². The van der Waals surface area contributed by atoms with Crippen LogP contribution in [-0.4, -0.2) is 19.1 Å². The van der Waals surface area contributed by atoms with Gasteiger partial charge in [0.25, 0.3) is 0 Å². The van der Waals surface area contributed by atoms with E-state index in [0.29, 0.717) is 10.6 Å². The number of piperidine rings is 1. The van der Waals surface area contributed by atoms with Crippen molar-refractivity contribution in [2.24, 2.45) is 0 Å². The lowest BCUT2D eigenvalue weighted by atomic mass is 9.84. The number of benzene rings is 2. The van der Waals surface area contributed by atoms with Crippen LogP contribution in [0.15, 0.2) is 48.5 Å². The van der Waals surface area contributed by atoms with Crippen LogP contribution < -0.4 is 5.32 Å². The molecule has 0 radical (unpaired) electrons. The van der Waals surface area contributed by atoms with Crippen molar-refractivity contribution in [1.82, 2.24) is 5.32 Å². The van der Waals surface area contributed by atoms with Gasteiger partial charge >= 0.3 is 5.97 Å². The average Bonchev–Trinajstić information content (AvgIpc) is 2.59. The lowest BCUT2D eigenvalue weighted by Crippen LogP contribution is -2.43. The van der Waals surface area contributed by atoms with Crippen LogP contribution in [0.25, 0.3) is 0 Å². The van der Waals surface area contributed by atoms with Gasteiger partial charge in [-0.3, -0.25) is 0 Å². The molecule has 0 aliphatic carbocycles. The van der Waals surface area contributed by atoms with Crippen molar-refractivity contribution < 1.29 is 9.53 Å². The van der Waals surface area contributed by atoms with Crippen molar-refractivity contribution >= 4 is 17.6 Å². The second kappa shape index (κ2) is 6.73. The van der Waals surface area contributed by atoms with Crippen molar-refractivity contribution in [2.75, 3.05) is 13.1 Å². The van der Waals surface area contributed by atoms with E-state index < -0.39 is 5.60 Å². The van der Waals surface area contributed by atoms with Crippen molar-refractivity contribution in [2.45, 2.75) is 25.4 Å². The minimum Gasteiger partial charge on any atom is -0.450 e. The van der Waals surface area contributed by atoms with Gasteiger partial charge in [-0.25, -0.2) is 4.79 Å². The Bertz CT molecular complexity index is 694. The number of esters is 1. The molecule has 0 unspecified atom stereocenters. The second-order valence-electron chi connectivity index (χ2n) is 5.96. The highest BCUT2D eigenvalue weighted by molar-refractivity contribution is 6.31. The molecule has 1 aliphatic rings. The molecule has 0 aromatic heterocycles. The van der Waals surface area contributed by atoms with Gasteiger partial charge in [0.05, 0.1) is 5.56 Å². The molecule has 120 valence electrons. The summed E-state index contributed by atoms with van der Waals surface area (Å²) in [5.74, 6) is -0.322. The summed E-state index contributed by atoms with van der Waals surface area (Å²) in [5, 5.41) is 3.91. The summed E-state index contributed by atoms with van der Waals surface area (Å²) >= 11 is 6.13. The molecule has 1 N–H and O–H groups in total. The summed E-state index contributed by atoms with van der Waals surface area (Å²) in [5.41, 5.74) is 1.92. The highest BCUT2D eigenvalue weighted by Crippen LogP contribution is 2.35. The van der Waals surface area contributed by atoms with Gasteiger partial charge in [-0.05, 0) is 43.3 Å². The SMILES string of the molecule is Cc1ccc(C(=O)OC2(c3ccccc3)CCNCC2)cc1Cl. The van der Waals surface area contributed by atoms with E-state index in [0.717, 1.165) is 37.1 Å².